The van der Waals surface area contributed by atoms with E-state index in [2.05, 4.69) is 5.32 Å². The molecule has 1 heterocycles. The van der Waals surface area contributed by atoms with Crippen LogP contribution in [0.2, 0.25) is 0 Å². The van der Waals surface area contributed by atoms with Gasteiger partial charge in [-0.2, -0.15) is 0 Å². The Balaban J connectivity index is 2.34. The molecular weight excluding hydrogens is 194 g/mol. The van der Waals surface area contributed by atoms with Crippen LogP contribution in [0.15, 0.2) is 0 Å². The number of carbonyl (C=O) groups is 2. The number of hydrogen-bond donors (Lipinski definition) is 2. The van der Waals surface area contributed by atoms with Gasteiger partial charge in [-0.3, -0.25) is 9.00 Å². The van der Waals surface area contributed by atoms with Crippen LogP contribution in [0.25, 0.3) is 0 Å². The Labute approximate surface area is 78.0 Å². The first-order valence-electron chi connectivity index (χ1n) is 3.98. The second-order valence-electron chi connectivity index (χ2n) is 2.90. The van der Waals surface area contributed by atoms with Crippen LogP contribution in [0.5, 0.6) is 0 Å². The van der Waals surface area contributed by atoms with Crippen LogP contribution in [0.1, 0.15) is 12.8 Å². The maximum absolute atomic E-state index is 10.9. The second-order valence-corrected chi connectivity index (χ2v) is 4.60. The molecule has 1 rings (SSSR count). The smallest absolute Gasteiger partial charge is 0.394 e. The van der Waals surface area contributed by atoms with Gasteiger partial charge in [-0.1, -0.05) is 0 Å². The molecule has 1 aliphatic rings. The highest BCUT2D eigenvalue weighted by Gasteiger charge is 2.21. The van der Waals surface area contributed by atoms with Crippen LogP contribution in [0.3, 0.4) is 0 Å². The first kappa shape index (κ1) is 10.2. The van der Waals surface area contributed by atoms with Crippen molar-refractivity contribution in [3.8, 4) is 0 Å². The van der Waals surface area contributed by atoms with Crippen molar-refractivity contribution < 1.29 is 18.9 Å². The summed E-state index contributed by atoms with van der Waals surface area (Å²) in [6, 6.07) is -0.124. The summed E-state index contributed by atoms with van der Waals surface area (Å²) in [7, 11) is -0.785. The maximum atomic E-state index is 10.9. The van der Waals surface area contributed by atoms with E-state index in [-0.39, 0.29) is 6.04 Å². The monoisotopic (exact) mass is 205 g/mol. The van der Waals surface area contributed by atoms with Crippen LogP contribution in [0.4, 0.5) is 0 Å². The lowest BCUT2D eigenvalue weighted by Gasteiger charge is -2.21. The molecular formula is C7H11NO4S. The van der Waals surface area contributed by atoms with Crippen LogP contribution < -0.4 is 5.32 Å². The minimum absolute atomic E-state index is 0.124. The molecule has 1 aliphatic heterocycles. The third-order valence-electron chi connectivity index (χ3n) is 1.92. The quantitative estimate of drug-likeness (QED) is 0.543. The van der Waals surface area contributed by atoms with Crippen molar-refractivity contribution in [3.05, 3.63) is 0 Å². The van der Waals surface area contributed by atoms with Gasteiger partial charge in [0.2, 0.25) is 0 Å². The molecule has 0 aromatic rings. The Hall–Kier alpha value is -0.910. The van der Waals surface area contributed by atoms with E-state index >= 15 is 0 Å². The summed E-state index contributed by atoms with van der Waals surface area (Å²) in [5.74, 6) is -1.35. The molecule has 1 amide bonds. The van der Waals surface area contributed by atoms with Gasteiger partial charge in [-0.15, -0.1) is 0 Å². The molecule has 0 unspecified atom stereocenters. The number of carboxylic acids is 1. The Morgan fingerprint density at radius 3 is 2.31 bits per heavy atom. The Kier molecular flexibility index (Phi) is 3.41. The lowest BCUT2D eigenvalue weighted by Crippen LogP contribution is -2.42. The lowest BCUT2D eigenvalue weighted by molar-refractivity contribution is -0.150. The molecule has 1 fully saturated rings. The van der Waals surface area contributed by atoms with E-state index in [4.69, 9.17) is 5.11 Å². The fourth-order valence-corrected chi connectivity index (χ4v) is 2.48. The molecule has 6 heteroatoms. The SMILES string of the molecule is O=C(O)C(=O)NC1CCS(=O)CC1. The Bertz CT molecular complexity index is 243. The molecule has 5 nitrogen and oxygen atoms in total. The van der Waals surface area contributed by atoms with E-state index in [1.807, 2.05) is 0 Å². The molecule has 0 bridgehead atoms. The van der Waals surface area contributed by atoms with Gasteiger partial charge in [0.1, 0.15) is 0 Å². The third-order valence-corrected chi connectivity index (χ3v) is 3.30. The number of rotatable bonds is 1. The summed E-state index contributed by atoms with van der Waals surface area (Å²) in [5, 5.41) is 10.7. The van der Waals surface area contributed by atoms with Crippen molar-refractivity contribution in [1.29, 1.82) is 0 Å². The summed E-state index contributed by atoms with van der Waals surface area (Å²) in [6.07, 6.45) is 1.21. The Morgan fingerprint density at radius 2 is 1.85 bits per heavy atom. The zero-order valence-corrected chi connectivity index (χ0v) is 7.80. The number of carbonyl (C=O) groups excluding carboxylic acids is 1. The summed E-state index contributed by atoms with van der Waals surface area (Å²) in [5.41, 5.74) is 0. The fourth-order valence-electron chi connectivity index (χ4n) is 1.19. The van der Waals surface area contributed by atoms with Crippen LogP contribution >= 0.6 is 0 Å². The summed E-state index contributed by atoms with van der Waals surface area (Å²) in [4.78, 5) is 20.9. The van der Waals surface area contributed by atoms with E-state index in [0.717, 1.165) is 0 Å². The molecule has 0 aliphatic carbocycles. The average Bonchev–Trinajstić information content (AvgIpc) is 2.08. The molecule has 0 aromatic heterocycles. The van der Waals surface area contributed by atoms with E-state index in [1.54, 1.807) is 0 Å². The highest BCUT2D eigenvalue weighted by Crippen LogP contribution is 2.08. The van der Waals surface area contributed by atoms with Crippen molar-refractivity contribution in [1.82, 2.24) is 5.32 Å². The molecule has 0 radical (unpaired) electrons. The van der Waals surface area contributed by atoms with Gasteiger partial charge in [-0.25, -0.2) is 4.79 Å². The van der Waals surface area contributed by atoms with Crippen molar-refractivity contribution in [2.24, 2.45) is 0 Å². The molecule has 0 saturated carbocycles. The zero-order valence-electron chi connectivity index (χ0n) is 6.99. The first-order valence-corrected chi connectivity index (χ1v) is 5.47. The van der Waals surface area contributed by atoms with E-state index < -0.39 is 22.7 Å². The van der Waals surface area contributed by atoms with Gasteiger partial charge in [0.25, 0.3) is 0 Å². The summed E-state index contributed by atoms with van der Waals surface area (Å²) < 4.78 is 10.9. The number of nitrogens with one attached hydrogen (secondary N) is 1. The standard InChI is InChI=1S/C7H11NO4S/c9-6(7(10)11)8-5-1-3-13(12)4-2-5/h5H,1-4H2,(H,8,9)(H,10,11). The van der Waals surface area contributed by atoms with Crippen LogP contribution in [0, 0.1) is 0 Å². The second kappa shape index (κ2) is 4.36. The Morgan fingerprint density at radius 1 is 1.31 bits per heavy atom. The normalized spacial score (nSPS) is 28.0. The molecule has 74 valence electrons. The van der Waals surface area contributed by atoms with Crippen molar-refractivity contribution in [2.45, 2.75) is 18.9 Å². The molecule has 1 saturated heterocycles. The van der Waals surface area contributed by atoms with E-state index in [9.17, 15) is 13.8 Å². The molecule has 0 atom stereocenters. The highest BCUT2D eigenvalue weighted by molar-refractivity contribution is 7.85. The van der Waals surface area contributed by atoms with Gasteiger partial charge in [0.05, 0.1) is 0 Å². The van der Waals surface area contributed by atoms with E-state index in [0.29, 0.717) is 24.3 Å². The summed E-state index contributed by atoms with van der Waals surface area (Å²) >= 11 is 0. The molecule has 2 N–H and O–H groups in total. The van der Waals surface area contributed by atoms with E-state index in [1.165, 1.54) is 0 Å². The van der Waals surface area contributed by atoms with Crippen molar-refractivity contribution in [3.63, 3.8) is 0 Å². The summed E-state index contributed by atoms with van der Waals surface area (Å²) in [6.45, 7) is 0. The van der Waals surface area contributed by atoms with Crippen LogP contribution in [-0.2, 0) is 20.4 Å². The minimum Gasteiger partial charge on any atom is -0.474 e. The van der Waals surface area contributed by atoms with Gasteiger partial charge >= 0.3 is 11.9 Å². The maximum Gasteiger partial charge on any atom is 0.394 e. The van der Waals surface area contributed by atoms with Crippen LogP contribution in [-0.4, -0.2) is 38.7 Å². The fraction of sp³-hybridized carbons (Fsp3) is 0.714. The lowest BCUT2D eigenvalue weighted by atomic mass is 10.1. The van der Waals surface area contributed by atoms with Gasteiger partial charge < -0.3 is 10.4 Å². The minimum atomic E-state index is -1.47. The number of aliphatic carboxylic acids is 1. The number of carboxylic acid groups (broad SMARTS) is 1. The number of amides is 1. The van der Waals surface area contributed by atoms with Gasteiger partial charge in [0.15, 0.2) is 0 Å². The topological polar surface area (TPSA) is 83.5 Å². The number of hydrogen-bond acceptors (Lipinski definition) is 3. The third kappa shape index (κ3) is 3.14. The average molecular weight is 205 g/mol. The van der Waals surface area contributed by atoms with Gasteiger partial charge in [-0.05, 0) is 12.8 Å². The molecule has 0 spiro atoms. The molecule has 0 aromatic carbocycles. The molecule has 13 heavy (non-hydrogen) atoms. The van der Waals surface area contributed by atoms with Crippen molar-refractivity contribution in [2.75, 3.05) is 11.5 Å². The largest absolute Gasteiger partial charge is 0.474 e. The predicted molar refractivity (Wildman–Crippen MR) is 46.7 cm³/mol. The zero-order chi connectivity index (χ0) is 9.84. The first-order chi connectivity index (χ1) is 6.09. The highest BCUT2D eigenvalue weighted by atomic mass is 32.2. The van der Waals surface area contributed by atoms with Crippen molar-refractivity contribution >= 4 is 22.7 Å². The van der Waals surface area contributed by atoms with Gasteiger partial charge in [0, 0.05) is 28.3 Å². The predicted octanol–water partition coefficient (Wildman–Crippen LogP) is -0.902.